The molecule has 20 heavy (non-hydrogen) atoms. The number of benzene rings is 1. The molecule has 1 aliphatic carbocycles. The molecule has 2 rings (SSSR count). The molecule has 1 fully saturated rings. The van der Waals surface area contributed by atoms with Crippen LogP contribution in [0.1, 0.15) is 36.0 Å². The highest BCUT2D eigenvalue weighted by Crippen LogP contribution is 2.39. The van der Waals surface area contributed by atoms with Gasteiger partial charge in [-0.15, -0.1) is 0 Å². The van der Waals surface area contributed by atoms with E-state index in [1.54, 1.807) is 6.07 Å². The molecule has 0 aromatic heterocycles. The van der Waals surface area contributed by atoms with Crippen molar-refractivity contribution in [1.82, 2.24) is 5.32 Å². The molecule has 0 atom stereocenters. The first kappa shape index (κ1) is 15.3. The van der Waals surface area contributed by atoms with Crippen LogP contribution in [0.2, 0.25) is 0 Å². The van der Waals surface area contributed by atoms with Crippen molar-refractivity contribution < 1.29 is 13.9 Å². The lowest BCUT2D eigenvalue weighted by Gasteiger charge is -2.26. The van der Waals surface area contributed by atoms with Crippen molar-refractivity contribution in [3.8, 4) is 5.75 Å². The Balaban J connectivity index is 1.99. The van der Waals surface area contributed by atoms with Crippen LogP contribution in [0.5, 0.6) is 5.75 Å². The van der Waals surface area contributed by atoms with Crippen LogP contribution in [0.3, 0.4) is 0 Å². The second kappa shape index (κ2) is 6.57. The summed E-state index contributed by atoms with van der Waals surface area (Å²) in [4.78, 5) is 12.1. The second-order valence-electron chi connectivity index (χ2n) is 5.37. The average molecular weight is 344 g/mol. The van der Waals surface area contributed by atoms with Gasteiger partial charge in [-0.2, -0.15) is 0 Å². The van der Waals surface area contributed by atoms with Gasteiger partial charge in [-0.1, -0.05) is 28.8 Å². The Morgan fingerprint density at radius 1 is 1.45 bits per heavy atom. The van der Waals surface area contributed by atoms with E-state index in [4.69, 9.17) is 4.74 Å². The maximum absolute atomic E-state index is 13.6. The number of methoxy groups -OCH3 is 1. The first-order valence-corrected chi connectivity index (χ1v) is 7.90. The summed E-state index contributed by atoms with van der Waals surface area (Å²) in [5.74, 6) is -0.607. The van der Waals surface area contributed by atoms with Gasteiger partial charge < -0.3 is 10.1 Å². The van der Waals surface area contributed by atoms with E-state index < -0.39 is 5.82 Å². The zero-order valence-corrected chi connectivity index (χ0v) is 13.1. The number of amides is 1. The molecule has 0 aliphatic heterocycles. The van der Waals surface area contributed by atoms with E-state index in [1.807, 2.05) is 0 Å². The molecular weight excluding hydrogens is 325 g/mol. The van der Waals surface area contributed by atoms with Crippen LogP contribution in [-0.2, 0) is 0 Å². The van der Waals surface area contributed by atoms with Gasteiger partial charge >= 0.3 is 0 Å². The van der Waals surface area contributed by atoms with Crippen LogP contribution < -0.4 is 10.1 Å². The van der Waals surface area contributed by atoms with Crippen LogP contribution in [0.25, 0.3) is 0 Å². The van der Waals surface area contributed by atoms with E-state index >= 15 is 0 Å². The third kappa shape index (κ3) is 3.32. The number of ether oxygens (including phenoxy) is 1. The lowest BCUT2D eigenvalue weighted by atomic mass is 9.89. The van der Waals surface area contributed by atoms with Crippen molar-refractivity contribution in [3.05, 3.63) is 29.6 Å². The zero-order chi connectivity index (χ0) is 14.6. The highest BCUT2D eigenvalue weighted by Gasteiger charge is 2.33. The van der Waals surface area contributed by atoms with Crippen molar-refractivity contribution >= 4 is 21.8 Å². The third-order valence-corrected chi connectivity index (χ3v) is 5.18. The third-order valence-electron chi connectivity index (χ3n) is 3.99. The van der Waals surface area contributed by atoms with Gasteiger partial charge in [0.1, 0.15) is 0 Å². The topological polar surface area (TPSA) is 38.3 Å². The molecule has 0 heterocycles. The summed E-state index contributed by atoms with van der Waals surface area (Å²) < 4.78 is 18.4. The number of hydrogen-bond donors (Lipinski definition) is 1. The summed E-state index contributed by atoms with van der Waals surface area (Å²) in [5, 5.41) is 3.81. The van der Waals surface area contributed by atoms with Gasteiger partial charge in [0.2, 0.25) is 0 Å². The predicted molar refractivity (Wildman–Crippen MR) is 80.0 cm³/mol. The van der Waals surface area contributed by atoms with Crippen LogP contribution in [0, 0.1) is 11.2 Å². The van der Waals surface area contributed by atoms with Crippen molar-refractivity contribution in [2.75, 3.05) is 19.0 Å². The van der Waals surface area contributed by atoms with Gasteiger partial charge in [-0.25, -0.2) is 4.39 Å². The molecule has 1 aromatic carbocycles. The molecule has 5 heteroatoms. The Morgan fingerprint density at radius 3 is 2.70 bits per heavy atom. The number of carbonyl (C=O) groups excluding carboxylic acids is 1. The SMILES string of the molecule is COc1ccc(C(=O)NCC2(CBr)CCCC2)cc1F. The van der Waals surface area contributed by atoms with Crippen LogP contribution in [-0.4, -0.2) is 24.9 Å². The lowest BCUT2D eigenvalue weighted by Crippen LogP contribution is -2.37. The van der Waals surface area contributed by atoms with Crippen molar-refractivity contribution in [2.24, 2.45) is 5.41 Å². The quantitative estimate of drug-likeness (QED) is 0.830. The molecule has 1 aromatic rings. The van der Waals surface area contributed by atoms with Crippen LogP contribution >= 0.6 is 15.9 Å². The minimum Gasteiger partial charge on any atom is -0.494 e. The summed E-state index contributed by atoms with van der Waals surface area (Å²) in [6, 6.07) is 4.26. The smallest absolute Gasteiger partial charge is 0.251 e. The van der Waals surface area contributed by atoms with Gasteiger partial charge in [0.25, 0.3) is 5.91 Å². The monoisotopic (exact) mass is 343 g/mol. The molecule has 1 saturated carbocycles. The van der Waals surface area contributed by atoms with Crippen LogP contribution in [0.15, 0.2) is 18.2 Å². The normalized spacial score (nSPS) is 16.9. The highest BCUT2D eigenvalue weighted by atomic mass is 79.9. The summed E-state index contributed by atoms with van der Waals surface area (Å²) in [6.07, 6.45) is 4.66. The first-order chi connectivity index (χ1) is 9.60. The second-order valence-corrected chi connectivity index (χ2v) is 5.93. The number of nitrogens with one attached hydrogen (secondary N) is 1. The molecule has 1 N–H and O–H groups in total. The van der Waals surface area contributed by atoms with Crippen LogP contribution in [0.4, 0.5) is 4.39 Å². The largest absolute Gasteiger partial charge is 0.494 e. The Morgan fingerprint density at radius 2 is 2.15 bits per heavy atom. The van der Waals surface area contributed by atoms with E-state index in [0.29, 0.717) is 12.1 Å². The maximum Gasteiger partial charge on any atom is 0.251 e. The van der Waals surface area contributed by atoms with Gasteiger partial charge in [0.05, 0.1) is 7.11 Å². The summed E-state index contributed by atoms with van der Waals surface area (Å²) in [6.45, 7) is 0.630. The van der Waals surface area contributed by atoms with Gasteiger partial charge in [0.15, 0.2) is 11.6 Å². The minimum absolute atomic E-state index is 0.147. The van der Waals surface area contributed by atoms with Gasteiger partial charge in [-0.05, 0) is 36.5 Å². The number of halogens is 2. The fourth-order valence-corrected chi connectivity index (χ4v) is 3.42. The van der Waals surface area contributed by atoms with E-state index in [9.17, 15) is 9.18 Å². The van der Waals surface area contributed by atoms with Gasteiger partial charge in [-0.3, -0.25) is 4.79 Å². The maximum atomic E-state index is 13.6. The fraction of sp³-hybridized carbons (Fsp3) is 0.533. The molecule has 0 unspecified atom stereocenters. The molecule has 0 spiro atoms. The van der Waals surface area contributed by atoms with E-state index in [2.05, 4.69) is 21.2 Å². The lowest BCUT2D eigenvalue weighted by molar-refractivity contribution is 0.0935. The number of alkyl halides is 1. The Kier molecular flexibility index (Phi) is 5.02. The van der Waals surface area contributed by atoms with E-state index in [0.717, 1.165) is 18.2 Å². The predicted octanol–water partition coefficient (Wildman–Crippen LogP) is 3.52. The zero-order valence-electron chi connectivity index (χ0n) is 11.5. The molecule has 3 nitrogen and oxygen atoms in total. The van der Waals surface area contributed by atoms with E-state index in [-0.39, 0.29) is 17.1 Å². The minimum atomic E-state index is -0.517. The molecule has 0 bridgehead atoms. The molecule has 110 valence electrons. The first-order valence-electron chi connectivity index (χ1n) is 6.78. The van der Waals surface area contributed by atoms with Gasteiger partial charge in [0, 0.05) is 17.4 Å². The molecule has 0 saturated heterocycles. The standard InChI is InChI=1S/C15H19BrFNO2/c1-20-13-5-4-11(8-12(13)17)14(19)18-10-15(9-16)6-2-3-7-15/h4-5,8H,2-3,6-7,9-10H2,1H3,(H,18,19). The molecular formula is C15H19BrFNO2. The number of rotatable bonds is 5. The number of carbonyl (C=O) groups is 1. The van der Waals surface area contributed by atoms with E-state index in [1.165, 1.54) is 32.1 Å². The Hall–Kier alpha value is -1.10. The van der Waals surface area contributed by atoms with Crippen molar-refractivity contribution in [3.63, 3.8) is 0 Å². The summed E-state index contributed by atoms with van der Waals surface area (Å²) >= 11 is 3.54. The Bertz CT molecular complexity index is 487. The molecule has 1 aliphatic rings. The molecule has 0 radical (unpaired) electrons. The summed E-state index contributed by atoms with van der Waals surface area (Å²) in [5.41, 5.74) is 0.478. The van der Waals surface area contributed by atoms with Crippen molar-refractivity contribution in [1.29, 1.82) is 0 Å². The highest BCUT2D eigenvalue weighted by molar-refractivity contribution is 9.09. The number of hydrogen-bond acceptors (Lipinski definition) is 2. The van der Waals surface area contributed by atoms with Crippen molar-refractivity contribution in [2.45, 2.75) is 25.7 Å². The Labute approximate surface area is 127 Å². The summed E-state index contributed by atoms with van der Waals surface area (Å²) in [7, 11) is 1.40. The average Bonchev–Trinajstić information content (AvgIpc) is 2.94. The molecule has 1 amide bonds. The fourth-order valence-electron chi connectivity index (χ4n) is 2.66.